The van der Waals surface area contributed by atoms with E-state index in [1.807, 2.05) is 80.2 Å². The molecule has 67 heavy (non-hydrogen) atoms. The van der Waals surface area contributed by atoms with E-state index >= 15 is 0 Å². The number of amides is 2. The maximum absolute atomic E-state index is 14.6. The molecular formula is C50H82N4O13. The van der Waals surface area contributed by atoms with E-state index in [1.54, 1.807) is 48.5 Å². The molecule has 3 aliphatic rings. The standard InChI is InChI=1S/C50H82N4O13/c1-14-38-50(10,61)42(56)32(6)54(22-21-51-47(59)52-36-20-19-34-17-15-16-18-35(34)24-36)27-28(2)25-48(8,60)44(67-46-40(55)37(53(11)12)23-29(3)63-46)30(4)41(31(5)45(58)65-38)66-39-26-49(9,62-13)43(57)33(7)64-39/h15-20,24,28-33,37-44,46,55-57,60-61H,14,21-23,25-27H2,1-13H3,(H2,51,52,59)/t28-,29-,30+,31-,32-,33+,37+,38-,39-,40-,41+,42-,43+,44-,46+,48-,49-,50-/m1/s1. The smallest absolute Gasteiger partial charge is 0.319 e. The van der Waals surface area contributed by atoms with Gasteiger partial charge < -0.3 is 69.5 Å². The van der Waals surface area contributed by atoms with E-state index < -0.39 is 102 Å². The number of aliphatic hydroxyl groups is 5. The van der Waals surface area contributed by atoms with Gasteiger partial charge in [0.05, 0.1) is 41.5 Å². The zero-order valence-corrected chi connectivity index (χ0v) is 42.0. The number of hydrogen-bond acceptors (Lipinski definition) is 15. The van der Waals surface area contributed by atoms with Crippen molar-refractivity contribution in [2.45, 2.75) is 185 Å². The lowest BCUT2D eigenvalue weighted by Gasteiger charge is -2.48. The number of hydrogen-bond donors (Lipinski definition) is 7. The molecular weight excluding hydrogens is 865 g/mol. The maximum Gasteiger partial charge on any atom is 0.319 e. The molecule has 3 fully saturated rings. The molecule has 7 N–H and O–H groups in total. The summed E-state index contributed by atoms with van der Waals surface area (Å²) in [5.41, 5.74) is -4.06. The monoisotopic (exact) mass is 947 g/mol. The molecule has 0 saturated carbocycles. The molecule has 0 aromatic heterocycles. The predicted molar refractivity (Wildman–Crippen MR) is 254 cm³/mol. The Morgan fingerprint density at radius 2 is 1.60 bits per heavy atom. The average Bonchev–Trinajstić information content (AvgIpc) is 3.27. The van der Waals surface area contributed by atoms with Crippen molar-refractivity contribution in [3.05, 3.63) is 42.5 Å². The molecule has 380 valence electrons. The first kappa shape index (κ1) is 54.9. The van der Waals surface area contributed by atoms with Gasteiger partial charge in [-0.2, -0.15) is 0 Å². The van der Waals surface area contributed by atoms with E-state index in [4.69, 9.17) is 28.4 Å². The molecule has 0 aliphatic carbocycles. The first-order valence-corrected chi connectivity index (χ1v) is 24.1. The molecule has 0 unspecified atom stereocenters. The van der Waals surface area contributed by atoms with Gasteiger partial charge in [0.1, 0.15) is 30.0 Å². The van der Waals surface area contributed by atoms with Crippen molar-refractivity contribution in [3.8, 4) is 0 Å². The lowest BCUT2D eigenvalue weighted by molar-refractivity contribution is -0.318. The lowest BCUT2D eigenvalue weighted by Crippen LogP contribution is -2.60. The minimum Gasteiger partial charge on any atom is -0.459 e. The number of cyclic esters (lactones) is 1. The van der Waals surface area contributed by atoms with E-state index in [0.29, 0.717) is 18.7 Å². The Kier molecular flexibility index (Phi) is 18.7. The Bertz CT molecular complexity index is 1920. The quantitative estimate of drug-likeness (QED) is 0.157. The van der Waals surface area contributed by atoms with Crippen molar-refractivity contribution in [3.63, 3.8) is 0 Å². The van der Waals surface area contributed by atoms with E-state index in [1.165, 1.54) is 14.0 Å². The maximum atomic E-state index is 14.6. The Morgan fingerprint density at radius 3 is 2.24 bits per heavy atom. The van der Waals surface area contributed by atoms with Gasteiger partial charge in [-0.25, -0.2) is 4.79 Å². The second kappa shape index (κ2) is 22.8. The van der Waals surface area contributed by atoms with Gasteiger partial charge in [-0.1, -0.05) is 51.1 Å². The minimum atomic E-state index is -1.95. The summed E-state index contributed by atoms with van der Waals surface area (Å²) in [5.74, 6) is -2.95. The molecule has 3 heterocycles. The Hall–Kier alpha value is -3.04. The van der Waals surface area contributed by atoms with Crippen molar-refractivity contribution in [1.82, 2.24) is 15.1 Å². The molecule has 0 bridgehead atoms. The number of methoxy groups -OCH3 is 1. The number of carbonyl (C=O) groups is 2. The molecule has 2 aromatic carbocycles. The van der Waals surface area contributed by atoms with Gasteiger partial charge in [0.2, 0.25) is 0 Å². The third-order valence-electron chi connectivity index (χ3n) is 14.7. The van der Waals surface area contributed by atoms with Crippen LogP contribution in [0.15, 0.2) is 42.5 Å². The predicted octanol–water partition coefficient (Wildman–Crippen LogP) is 4.25. The largest absolute Gasteiger partial charge is 0.459 e. The number of aliphatic hydroxyl groups excluding tert-OH is 3. The van der Waals surface area contributed by atoms with Gasteiger partial charge in [0.15, 0.2) is 12.6 Å². The first-order chi connectivity index (χ1) is 31.3. The van der Waals surface area contributed by atoms with Crippen LogP contribution in [0.25, 0.3) is 10.8 Å². The third kappa shape index (κ3) is 13.0. The number of nitrogens with one attached hydrogen (secondary N) is 2. The zero-order chi connectivity index (χ0) is 49.8. The van der Waals surface area contributed by atoms with Crippen molar-refractivity contribution in [2.24, 2.45) is 17.8 Å². The van der Waals surface area contributed by atoms with Crippen LogP contribution < -0.4 is 10.6 Å². The summed E-state index contributed by atoms with van der Waals surface area (Å²) >= 11 is 0. The summed E-state index contributed by atoms with van der Waals surface area (Å²) in [4.78, 5) is 31.6. The normalized spacial score (nSPS) is 41.0. The second-order valence-electron chi connectivity index (χ2n) is 20.7. The zero-order valence-electron chi connectivity index (χ0n) is 42.0. The van der Waals surface area contributed by atoms with Crippen LogP contribution in [0, 0.1) is 17.8 Å². The van der Waals surface area contributed by atoms with E-state index in [9.17, 15) is 35.1 Å². The van der Waals surface area contributed by atoms with Gasteiger partial charge in [-0.3, -0.25) is 9.69 Å². The topological polar surface area (TPSA) is 221 Å². The van der Waals surface area contributed by atoms with Crippen LogP contribution in [0.2, 0.25) is 0 Å². The highest BCUT2D eigenvalue weighted by atomic mass is 16.7. The fraction of sp³-hybridized carbons (Fsp3) is 0.760. The van der Waals surface area contributed by atoms with Gasteiger partial charge in [0, 0.05) is 56.9 Å². The molecule has 17 nitrogen and oxygen atoms in total. The summed E-state index contributed by atoms with van der Waals surface area (Å²) in [6.07, 6.45) is -9.20. The summed E-state index contributed by atoms with van der Waals surface area (Å²) in [6.45, 7) is 18.1. The van der Waals surface area contributed by atoms with Crippen LogP contribution >= 0.6 is 0 Å². The molecule has 3 saturated heterocycles. The van der Waals surface area contributed by atoms with E-state index in [2.05, 4.69) is 10.6 Å². The fourth-order valence-electron chi connectivity index (χ4n) is 10.7. The Labute approximate surface area is 397 Å². The minimum absolute atomic E-state index is 0.0948. The van der Waals surface area contributed by atoms with Gasteiger partial charge >= 0.3 is 12.0 Å². The number of ether oxygens (including phenoxy) is 6. The molecule has 18 atom stereocenters. The van der Waals surface area contributed by atoms with Crippen molar-refractivity contribution in [1.29, 1.82) is 0 Å². The van der Waals surface area contributed by atoms with Gasteiger partial charge in [-0.05, 0) is 111 Å². The van der Waals surface area contributed by atoms with Crippen molar-refractivity contribution < 1.29 is 63.5 Å². The first-order valence-electron chi connectivity index (χ1n) is 24.1. The van der Waals surface area contributed by atoms with E-state index in [-0.39, 0.29) is 50.4 Å². The summed E-state index contributed by atoms with van der Waals surface area (Å²) in [6, 6.07) is 12.0. The number of benzene rings is 2. The SMILES string of the molecule is CC[C@H]1OC(=O)[C@H](C)[C@@H](O[C@@H]2C[C@@](C)(OC)[C@@H](O)[C@H](C)O2)[C@H](C)[C@@H](O[C@@H]2O[C@H](C)C[C@H](N(C)C)[C@H]2O)[C@](C)(O)C[C@@H](C)CN(CCNC(=O)Nc2ccc3ccccc3c2)[C@H](C)[C@@H](O)[C@]1(C)O. The van der Waals surface area contributed by atoms with Crippen LogP contribution in [0.1, 0.15) is 94.9 Å². The Morgan fingerprint density at radius 1 is 0.925 bits per heavy atom. The average molecular weight is 947 g/mol. The van der Waals surface area contributed by atoms with Gasteiger partial charge in [0.25, 0.3) is 0 Å². The van der Waals surface area contributed by atoms with E-state index in [0.717, 1.165) is 10.8 Å². The van der Waals surface area contributed by atoms with Gasteiger partial charge in [-0.15, -0.1) is 0 Å². The number of likely N-dealkylation sites (N-methyl/N-ethyl adjacent to an activating group) is 1. The fourth-order valence-corrected chi connectivity index (χ4v) is 10.7. The number of rotatable bonds is 11. The second-order valence-corrected chi connectivity index (χ2v) is 20.7. The van der Waals surface area contributed by atoms with Crippen LogP contribution in [0.3, 0.4) is 0 Å². The molecule has 3 aliphatic heterocycles. The number of esters is 1. The number of anilines is 1. The number of nitrogens with zero attached hydrogens (tertiary/aromatic N) is 2. The highest BCUT2D eigenvalue weighted by molar-refractivity contribution is 5.93. The number of carbonyl (C=O) groups excluding carboxylic acids is 2. The number of fused-ring (bicyclic) bond motifs is 1. The van der Waals surface area contributed by atoms with Crippen LogP contribution in [0.5, 0.6) is 0 Å². The van der Waals surface area contributed by atoms with Crippen LogP contribution in [-0.2, 0) is 33.2 Å². The molecule has 2 amide bonds. The summed E-state index contributed by atoms with van der Waals surface area (Å²) in [7, 11) is 5.24. The molecule has 5 rings (SSSR count). The third-order valence-corrected chi connectivity index (χ3v) is 14.7. The van der Waals surface area contributed by atoms with Crippen LogP contribution in [0.4, 0.5) is 10.5 Å². The lowest BCUT2D eigenvalue weighted by atomic mass is 9.77. The molecule has 0 radical (unpaired) electrons. The number of urea groups is 1. The summed E-state index contributed by atoms with van der Waals surface area (Å²) < 4.78 is 38.0. The van der Waals surface area contributed by atoms with Crippen molar-refractivity contribution in [2.75, 3.05) is 46.2 Å². The Balaban J connectivity index is 1.50. The van der Waals surface area contributed by atoms with Crippen LogP contribution in [-0.4, -0.2) is 178 Å². The molecule has 17 heteroatoms. The molecule has 0 spiro atoms. The highest BCUT2D eigenvalue weighted by Crippen LogP contribution is 2.40. The van der Waals surface area contributed by atoms with Crippen molar-refractivity contribution >= 4 is 28.5 Å². The molecule has 2 aromatic rings. The highest BCUT2D eigenvalue weighted by Gasteiger charge is 2.53. The summed E-state index contributed by atoms with van der Waals surface area (Å²) in [5, 5.41) is 67.8.